The van der Waals surface area contributed by atoms with Crippen molar-refractivity contribution in [3.63, 3.8) is 0 Å². The first kappa shape index (κ1) is 19.6. The molecular weight excluding hydrogens is 378 g/mol. The molecule has 27 heavy (non-hydrogen) atoms. The van der Waals surface area contributed by atoms with Crippen molar-refractivity contribution in [1.29, 1.82) is 0 Å². The second kappa shape index (κ2) is 8.27. The third-order valence-electron chi connectivity index (χ3n) is 4.51. The van der Waals surface area contributed by atoms with Crippen molar-refractivity contribution >= 4 is 39.2 Å². The molecule has 0 bridgehead atoms. The van der Waals surface area contributed by atoms with Crippen LogP contribution >= 0.6 is 23.1 Å². The number of fused-ring (bicyclic) bond motifs is 1. The topological polar surface area (TPSA) is 64.0 Å². The van der Waals surface area contributed by atoms with Crippen molar-refractivity contribution in [1.82, 2.24) is 14.9 Å². The molecule has 1 aromatic carbocycles. The number of aryl methyl sites for hydroxylation is 3. The Labute approximate surface area is 166 Å². The van der Waals surface area contributed by atoms with Crippen LogP contribution in [0, 0.1) is 13.8 Å². The standard InChI is InChI=1S/C20H23N3O2S2/c1-5-15-13(3)17-18(27-15)22-20(26-11-16(24)21-4)23(19(17)25)10-14-8-6-12(2)7-9-14/h6-9H,5,10-11H2,1-4H3,(H,21,24). The molecule has 0 atom stereocenters. The summed E-state index contributed by atoms with van der Waals surface area (Å²) in [6.07, 6.45) is 0.880. The molecule has 0 fully saturated rings. The first-order valence-electron chi connectivity index (χ1n) is 8.86. The van der Waals surface area contributed by atoms with Gasteiger partial charge >= 0.3 is 0 Å². The van der Waals surface area contributed by atoms with Gasteiger partial charge in [0.1, 0.15) is 4.83 Å². The van der Waals surface area contributed by atoms with Gasteiger partial charge in [0.2, 0.25) is 5.91 Å². The summed E-state index contributed by atoms with van der Waals surface area (Å²) in [5.74, 6) is 0.140. The third kappa shape index (κ3) is 4.09. The van der Waals surface area contributed by atoms with Crippen LogP contribution in [0.3, 0.4) is 0 Å². The largest absolute Gasteiger partial charge is 0.358 e. The average molecular weight is 402 g/mol. The highest BCUT2D eigenvalue weighted by atomic mass is 32.2. The third-order valence-corrected chi connectivity index (χ3v) is 6.81. The van der Waals surface area contributed by atoms with Crippen LogP contribution in [-0.4, -0.2) is 28.3 Å². The van der Waals surface area contributed by atoms with E-state index in [2.05, 4.69) is 12.2 Å². The number of amides is 1. The van der Waals surface area contributed by atoms with E-state index < -0.39 is 0 Å². The summed E-state index contributed by atoms with van der Waals surface area (Å²) in [5, 5.41) is 3.90. The van der Waals surface area contributed by atoms with Crippen molar-refractivity contribution in [3.8, 4) is 0 Å². The van der Waals surface area contributed by atoms with Gasteiger partial charge in [-0.2, -0.15) is 0 Å². The van der Waals surface area contributed by atoms with Crippen LogP contribution in [0.5, 0.6) is 0 Å². The molecule has 0 saturated carbocycles. The zero-order valence-corrected chi connectivity index (χ0v) is 17.6. The molecule has 142 valence electrons. The fraction of sp³-hybridized carbons (Fsp3) is 0.350. The van der Waals surface area contributed by atoms with Gasteiger partial charge in [-0.3, -0.25) is 14.2 Å². The summed E-state index contributed by atoms with van der Waals surface area (Å²) >= 11 is 2.87. The van der Waals surface area contributed by atoms with E-state index in [1.54, 1.807) is 23.0 Å². The molecule has 0 unspecified atom stereocenters. The maximum absolute atomic E-state index is 13.3. The Morgan fingerprint density at radius 3 is 2.59 bits per heavy atom. The Hall–Kier alpha value is -2.12. The summed E-state index contributed by atoms with van der Waals surface area (Å²) in [4.78, 5) is 31.7. The van der Waals surface area contributed by atoms with Gasteiger partial charge in [-0.15, -0.1) is 11.3 Å². The number of rotatable bonds is 6. The van der Waals surface area contributed by atoms with Crippen LogP contribution in [0.25, 0.3) is 10.2 Å². The summed E-state index contributed by atoms with van der Waals surface area (Å²) in [7, 11) is 1.61. The van der Waals surface area contributed by atoms with E-state index in [9.17, 15) is 9.59 Å². The van der Waals surface area contributed by atoms with E-state index in [1.807, 2.05) is 38.1 Å². The molecule has 3 aromatic rings. The molecule has 1 N–H and O–H groups in total. The highest BCUT2D eigenvalue weighted by Crippen LogP contribution is 2.29. The zero-order chi connectivity index (χ0) is 19.6. The smallest absolute Gasteiger partial charge is 0.263 e. The normalized spacial score (nSPS) is 11.1. The minimum Gasteiger partial charge on any atom is -0.358 e. The Balaban J connectivity index is 2.12. The summed E-state index contributed by atoms with van der Waals surface area (Å²) < 4.78 is 1.69. The fourth-order valence-electron chi connectivity index (χ4n) is 2.91. The van der Waals surface area contributed by atoms with Gasteiger partial charge in [0.25, 0.3) is 5.56 Å². The molecular formula is C20H23N3O2S2. The number of nitrogens with one attached hydrogen (secondary N) is 1. The number of hydrogen-bond donors (Lipinski definition) is 1. The van der Waals surface area contributed by atoms with Crippen molar-refractivity contribution in [2.24, 2.45) is 0 Å². The first-order valence-corrected chi connectivity index (χ1v) is 10.7. The maximum atomic E-state index is 13.3. The van der Waals surface area contributed by atoms with Crippen LogP contribution < -0.4 is 10.9 Å². The molecule has 0 radical (unpaired) electrons. The monoisotopic (exact) mass is 401 g/mol. The van der Waals surface area contributed by atoms with Gasteiger partial charge in [0.05, 0.1) is 17.7 Å². The SMILES string of the molecule is CCc1sc2nc(SCC(=O)NC)n(Cc3ccc(C)cc3)c(=O)c2c1C. The van der Waals surface area contributed by atoms with Crippen LogP contribution in [-0.2, 0) is 17.8 Å². The van der Waals surface area contributed by atoms with Crippen molar-refractivity contribution in [2.45, 2.75) is 38.9 Å². The molecule has 2 aromatic heterocycles. The first-order chi connectivity index (χ1) is 12.9. The minimum atomic E-state index is -0.0900. The van der Waals surface area contributed by atoms with Crippen molar-refractivity contribution in [3.05, 3.63) is 56.2 Å². The number of aromatic nitrogens is 2. The minimum absolute atomic E-state index is 0.0339. The van der Waals surface area contributed by atoms with Gasteiger partial charge in [-0.1, -0.05) is 48.5 Å². The average Bonchev–Trinajstić information content (AvgIpc) is 2.99. The molecule has 0 aliphatic rings. The van der Waals surface area contributed by atoms with Crippen molar-refractivity contribution in [2.75, 3.05) is 12.8 Å². The Morgan fingerprint density at radius 1 is 1.26 bits per heavy atom. The number of hydrogen-bond acceptors (Lipinski definition) is 5. The maximum Gasteiger partial charge on any atom is 0.263 e. The summed E-state index contributed by atoms with van der Waals surface area (Å²) in [5.41, 5.74) is 3.20. The zero-order valence-electron chi connectivity index (χ0n) is 16.0. The number of nitrogens with zero attached hydrogens (tertiary/aromatic N) is 2. The molecule has 0 spiro atoms. The number of carbonyl (C=O) groups excluding carboxylic acids is 1. The lowest BCUT2D eigenvalue weighted by Crippen LogP contribution is -2.25. The predicted molar refractivity (Wildman–Crippen MR) is 113 cm³/mol. The van der Waals surface area contributed by atoms with Gasteiger partial charge < -0.3 is 5.32 Å². The molecule has 3 rings (SSSR count). The van der Waals surface area contributed by atoms with Crippen LogP contribution in [0.2, 0.25) is 0 Å². The van der Waals surface area contributed by atoms with Crippen LogP contribution in [0.15, 0.2) is 34.2 Å². The molecule has 7 heteroatoms. The van der Waals surface area contributed by atoms with E-state index in [1.165, 1.54) is 22.2 Å². The van der Waals surface area contributed by atoms with E-state index in [-0.39, 0.29) is 17.2 Å². The van der Waals surface area contributed by atoms with Crippen molar-refractivity contribution < 1.29 is 4.79 Å². The Bertz CT molecular complexity index is 1040. The number of thioether (sulfide) groups is 1. The lowest BCUT2D eigenvalue weighted by Gasteiger charge is -2.12. The molecule has 0 aliphatic carbocycles. The fourth-order valence-corrected chi connectivity index (χ4v) is 4.94. The summed E-state index contributed by atoms with van der Waals surface area (Å²) in [6, 6.07) is 8.12. The summed E-state index contributed by atoms with van der Waals surface area (Å²) in [6.45, 7) is 6.56. The number of carbonyl (C=O) groups is 1. The van der Waals surface area contributed by atoms with E-state index >= 15 is 0 Å². The van der Waals surface area contributed by atoms with E-state index in [0.717, 1.165) is 22.4 Å². The highest BCUT2D eigenvalue weighted by molar-refractivity contribution is 7.99. The van der Waals surface area contributed by atoms with Crippen LogP contribution in [0.4, 0.5) is 0 Å². The quantitative estimate of drug-likeness (QED) is 0.507. The van der Waals surface area contributed by atoms with Gasteiger partial charge in [-0.05, 0) is 31.4 Å². The molecule has 0 aliphatic heterocycles. The molecule has 0 saturated heterocycles. The van der Waals surface area contributed by atoms with Gasteiger partial charge in [0.15, 0.2) is 5.16 Å². The Kier molecular flexibility index (Phi) is 6.01. The lowest BCUT2D eigenvalue weighted by molar-refractivity contribution is -0.118. The van der Waals surface area contributed by atoms with Gasteiger partial charge in [0, 0.05) is 11.9 Å². The van der Waals surface area contributed by atoms with E-state index in [0.29, 0.717) is 17.1 Å². The number of thiophene rings is 1. The second-order valence-corrected chi connectivity index (χ2v) is 8.44. The highest BCUT2D eigenvalue weighted by Gasteiger charge is 2.18. The van der Waals surface area contributed by atoms with Crippen LogP contribution in [0.1, 0.15) is 28.5 Å². The van der Waals surface area contributed by atoms with E-state index in [4.69, 9.17) is 4.98 Å². The Morgan fingerprint density at radius 2 is 1.96 bits per heavy atom. The molecule has 1 amide bonds. The second-order valence-electron chi connectivity index (χ2n) is 6.42. The predicted octanol–water partition coefficient (Wildman–Crippen LogP) is 3.52. The van der Waals surface area contributed by atoms with Gasteiger partial charge in [-0.25, -0.2) is 4.98 Å². The molecule has 2 heterocycles. The molecule has 5 nitrogen and oxygen atoms in total. The lowest BCUT2D eigenvalue weighted by atomic mass is 10.1. The number of benzene rings is 1.